The van der Waals surface area contributed by atoms with Gasteiger partial charge in [0.15, 0.2) is 0 Å². The average molecular weight is 189 g/mol. The van der Waals surface area contributed by atoms with Gasteiger partial charge in [0.25, 0.3) is 0 Å². The normalized spacial score (nSPS) is 13.4. The first-order valence-corrected chi connectivity index (χ1v) is 4.69. The van der Waals surface area contributed by atoms with Gasteiger partial charge in [0.1, 0.15) is 5.75 Å². The molecule has 0 atom stereocenters. The Morgan fingerprint density at radius 2 is 2.29 bits per heavy atom. The third-order valence-corrected chi connectivity index (χ3v) is 2.65. The first-order valence-electron chi connectivity index (χ1n) is 4.69. The number of aliphatic imine (C=N–C) groups is 1. The van der Waals surface area contributed by atoms with Crippen LogP contribution in [0.4, 0.5) is 0 Å². The SMILES string of the molecule is O=C=NCc1ccc2c(c1O)CCC2. The number of phenols is 1. The molecule has 1 aliphatic carbocycles. The van der Waals surface area contributed by atoms with E-state index in [-0.39, 0.29) is 6.54 Å². The molecule has 0 bridgehead atoms. The molecule has 0 fully saturated rings. The number of benzene rings is 1. The maximum absolute atomic E-state index is 9.95. The molecule has 1 N–H and O–H groups in total. The minimum absolute atomic E-state index is 0.225. The van der Waals surface area contributed by atoms with E-state index in [1.54, 1.807) is 0 Å². The Hall–Kier alpha value is -1.60. The molecule has 2 rings (SSSR count). The molecule has 1 aliphatic rings. The third-order valence-electron chi connectivity index (χ3n) is 2.65. The maximum atomic E-state index is 9.95. The molecule has 0 aliphatic heterocycles. The monoisotopic (exact) mass is 189 g/mol. The zero-order chi connectivity index (χ0) is 9.97. The zero-order valence-electron chi connectivity index (χ0n) is 7.79. The fraction of sp³-hybridized carbons (Fsp3) is 0.364. The van der Waals surface area contributed by atoms with E-state index < -0.39 is 0 Å². The zero-order valence-corrected chi connectivity index (χ0v) is 7.79. The van der Waals surface area contributed by atoms with Crippen LogP contribution in [0.25, 0.3) is 0 Å². The molecule has 72 valence electrons. The Kier molecular flexibility index (Phi) is 2.33. The van der Waals surface area contributed by atoms with Crippen molar-refractivity contribution in [3.8, 4) is 5.75 Å². The van der Waals surface area contributed by atoms with Gasteiger partial charge in [-0.3, -0.25) is 0 Å². The summed E-state index contributed by atoms with van der Waals surface area (Å²) in [6.45, 7) is 0.225. The smallest absolute Gasteiger partial charge is 0.235 e. The van der Waals surface area contributed by atoms with Gasteiger partial charge in [0.2, 0.25) is 6.08 Å². The van der Waals surface area contributed by atoms with E-state index in [1.165, 1.54) is 11.6 Å². The molecule has 3 heteroatoms. The quantitative estimate of drug-likeness (QED) is 0.568. The molecular weight excluding hydrogens is 178 g/mol. The summed E-state index contributed by atoms with van der Waals surface area (Å²) in [4.78, 5) is 13.4. The van der Waals surface area contributed by atoms with E-state index in [0.717, 1.165) is 24.8 Å². The molecule has 0 saturated heterocycles. The largest absolute Gasteiger partial charge is 0.507 e. The molecule has 0 amide bonds. The molecule has 1 aromatic carbocycles. The number of carbonyl (C=O) groups excluding carboxylic acids is 1. The Morgan fingerprint density at radius 1 is 1.43 bits per heavy atom. The Balaban J connectivity index is 2.39. The summed E-state index contributed by atoms with van der Waals surface area (Å²) in [5.41, 5.74) is 2.97. The number of aryl methyl sites for hydroxylation is 1. The van der Waals surface area contributed by atoms with Crippen LogP contribution >= 0.6 is 0 Å². The highest BCUT2D eigenvalue weighted by Gasteiger charge is 2.16. The lowest BCUT2D eigenvalue weighted by Crippen LogP contribution is -1.89. The number of aromatic hydroxyl groups is 1. The Labute approximate surface area is 82.1 Å². The van der Waals surface area contributed by atoms with Crippen LogP contribution in [0.1, 0.15) is 23.1 Å². The number of phenolic OH excluding ortho intramolecular Hbond substituents is 1. The van der Waals surface area contributed by atoms with Crippen LogP contribution in [0, 0.1) is 0 Å². The number of isocyanates is 1. The van der Waals surface area contributed by atoms with Crippen LogP contribution in [0.5, 0.6) is 5.75 Å². The molecule has 0 saturated carbocycles. The number of nitrogens with zero attached hydrogens (tertiary/aromatic N) is 1. The fourth-order valence-electron chi connectivity index (χ4n) is 1.94. The van der Waals surface area contributed by atoms with E-state index in [2.05, 4.69) is 4.99 Å². The van der Waals surface area contributed by atoms with Crippen molar-refractivity contribution < 1.29 is 9.90 Å². The summed E-state index contributed by atoms with van der Waals surface area (Å²) in [6.07, 6.45) is 4.55. The second-order valence-corrected chi connectivity index (χ2v) is 3.47. The Bertz CT molecular complexity index is 406. The van der Waals surface area contributed by atoms with E-state index in [1.807, 2.05) is 12.1 Å². The van der Waals surface area contributed by atoms with Crippen molar-refractivity contribution in [1.29, 1.82) is 0 Å². The van der Waals surface area contributed by atoms with E-state index in [4.69, 9.17) is 0 Å². The van der Waals surface area contributed by atoms with Crippen LogP contribution < -0.4 is 0 Å². The average Bonchev–Trinajstić information content (AvgIpc) is 2.66. The summed E-state index contributed by atoms with van der Waals surface area (Å²) in [5, 5.41) is 9.85. The van der Waals surface area contributed by atoms with Gasteiger partial charge >= 0.3 is 0 Å². The lowest BCUT2D eigenvalue weighted by molar-refractivity contribution is 0.462. The summed E-state index contributed by atoms with van der Waals surface area (Å²) in [5.74, 6) is 0.319. The first kappa shape index (κ1) is 8.97. The summed E-state index contributed by atoms with van der Waals surface area (Å²) >= 11 is 0. The van der Waals surface area contributed by atoms with E-state index in [9.17, 15) is 9.90 Å². The number of fused-ring (bicyclic) bond motifs is 1. The highest BCUT2D eigenvalue weighted by atomic mass is 16.3. The lowest BCUT2D eigenvalue weighted by atomic mass is 10.0. The highest BCUT2D eigenvalue weighted by Crippen LogP contribution is 2.32. The molecule has 14 heavy (non-hydrogen) atoms. The van der Waals surface area contributed by atoms with Gasteiger partial charge in [-0.25, -0.2) is 9.79 Å². The molecule has 3 nitrogen and oxygen atoms in total. The van der Waals surface area contributed by atoms with Crippen LogP contribution in [0.2, 0.25) is 0 Å². The van der Waals surface area contributed by atoms with Gasteiger partial charge < -0.3 is 5.11 Å². The van der Waals surface area contributed by atoms with E-state index in [0.29, 0.717) is 11.3 Å². The maximum Gasteiger partial charge on any atom is 0.235 e. The van der Waals surface area contributed by atoms with Crippen LogP contribution in [0.3, 0.4) is 0 Å². The number of hydrogen-bond donors (Lipinski definition) is 1. The van der Waals surface area contributed by atoms with Crippen molar-refractivity contribution >= 4 is 6.08 Å². The van der Waals surface area contributed by atoms with Gasteiger partial charge in [0.05, 0.1) is 6.54 Å². The van der Waals surface area contributed by atoms with Crippen molar-refractivity contribution in [2.45, 2.75) is 25.8 Å². The van der Waals surface area contributed by atoms with Gasteiger partial charge in [-0.1, -0.05) is 12.1 Å². The second-order valence-electron chi connectivity index (χ2n) is 3.47. The minimum atomic E-state index is 0.225. The molecule has 0 spiro atoms. The van der Waals surface area contributed by atoms with Crippen molar-refractivity contribution in [2.75, 3.05) is 0 Å². The van der Waals surface area contributed by atoms with Crippen molar-refractivity contribution in [2.24, 2.45) is 4.99 Å². The molecular formula is C11H11NO2. The molecule has 0 heterocycles. The number of rotatable bonds is 2. The van der Waals surface area contributed by atoms with E-state index >= 15 is 0 Å². The highest BCUT2D eigenvalue weighted by molar-refractivity contribution is 5.48. The molecule has 0 unspecified atom stereocenters. The predicted octanol–water partition coefficient (Wildman–Crippen LogP) is 1.72. The van der Waals surface area contributed by atoms with Gasteiger partial charge in [-0.05, 0) is 30.4 Å². The van der Waals surface area contributed by atoms with Crippen LogP contribution in [-0.4, -0.2) is 11.2 Å². The lowest BCUT2D eigenvalue weighted by Gasteiger charge is -2.06. The third kappa shape index (κ3) is 1.42. The van der Waals surface area contributed by atoms with Crippen molar-refractivity contribution in [1.82, 2.24) is 0 Å². The molecule has 0 aromatic heterocycles. The predicted molar refractivity (Wildman–Crippen MR) is 52.0 cm³/mol. The standard InChI is InChI=1S/C11H11NO2/c13-7-12-6-9-5-4-8-2-1-3-10(8)11(9)14/h4-5,14H,1-3,6H2. The number of hydrogen-bond acceptors (Lipinski definition) is 3. The molecule has 0 radical (unpaired) electrons. The second kappa shape index (κ2) is 3.64. The summed E-state index contributed by atoms with van der Waals surface area (Å²) in [6, 6.07) is 3.85. The topological polar surface area (TPSA) is 49.7 Å². The molecule has 1 aromatic rings. The van der Waals surface area contributed by atoms with Crippen molar-refractivity contribution in [3.63, 3.8) is 0 Å². The van der Waals surface area contributed by atoms with Crippen LogP contribution in [0.15, 0.2) is 17.1 Å². The van der Waals surface area contributed by atoms with Gasteiger partial charge in [0, 0.05) is 5.56 Å². The van der Waals surface area contributed by atoms with Gasteiger partial charge in [-0.15, -0.1) is 0 Å². The fourth-order valence-corrected chi connectivity index (χ4v) is 1.94. The first-order chi connectivity index (χ1) is 6.83. The Morgan fingerprint density at radius 3 is 3.07 bits per heavy atom. The van der Waals surface area contributed by atoms with Crippen molar-refractivity contribution in [3.05, 3.63) is 28.8 Å². The summed E-state index contributed by atoms with van der Waals surface area (Å²) < 4.78 is 0. The van der Waals surface area contributed by atoms with Gasteiger partial charge in [-0.2, -0.15) is 0 Å². The minimum Gasteiger partial charge on any atom is -0.507 e. The van der Waals surface area contributed by atoms with Crippen LogP contribution in [-0.2, 0) is 24.2 Å². The summed E-state index contributed by atoms with van der Waals surface area (Å²) in [7, 11) is 0.